The lowest BCUT2D eigenvalue weighted by Crippen LogP contribution is -2.28. The molecule has 4 rings (SSSR count). The van der Waals surface area contributed by atoms with Gasteiger partial charge in [0.25, 0.3) is 0 Å². The molecule has 0 atom stereocenters. The van der Waals surface area contributed by atoms with E-state index in [-0.39, 0.29) is 10.6 Å². The molecule has 3 aromatic rings. The molecular formula is C18H20N4O3S. The normalized spacial score (nSPS) is 15.7. The number of hydrogen-bond acceptors (Lipinski definition) is 4. The Morgan fingerprint density at radius 3 is 2.54 bits per heavy atom. The highest BCUT2D eigenvalue weighted by Gasteiger charge is 2.27. The lowest BCUT2D eigenvalue weighted by Gasteiger charge is -2.15. The zero-order valence-corrected chi connectivity index (χ0v) is 15.3. The van der Waals surface area contributed by atoms with Gasteiger partial charge >= 0.3 is 5.69 Å². The van der Waals surface area contributed by atoms with Crippen LogP contribution in [0.15, 0.2) is 52.3 Å². The van der Waals surface area contributed by atoms with Crippen molar-refractivity contribution in [1.29, 1.82) is 0 Å². The van der Waals surface area contributed by atoms with Crippen LogP contribution in [0.25, 0.3) is 5.65 Å². The van der Waals surface area contributed by atoms with Crippen LogP contribution in [0.3, 0.4) is 0 Å². The van der Waals surface area contributed by atoms with Crippen molar-refractivity contribution in [2.45, 2.75) is 31.2 Å². The maximum Gasteiger partial charge on any atom is 0.350 e. The Bertz CT molecular complexity index is 1120. The van der Waals surface area contributed by atoms with Crippen LogP contribution in [-0.4, -0.2) is 40.0 Å². The van der Waals surface area contributed by atoms with Crippen molar-refractivity contribution in [3.05, 3.63) is 64.2 Å². The minimum absolute atomic E-state index is 0.129. The molecule has 0 aliphatic carbocycles. The van der Waals surface area contributed by atoms with Crippen molar-refractivity contribution in [2.75, 3.05) is 13.1 Å². The molecule has 26 heavy (non-hydrogen) atoms. The number of fused-ring (bicyclic) bond motifs is 1. The summed E-state index contributed by atoms with van der Waals surface area (Å²) in [6.07, 6.45) is 3.12. The molecule has 0 amide bonds. The SMILES string of the molecule is Cc1ccccc1Cn1nc2ccc(S(=O)(=O)N3CCCC3)cn2c1=O. The highest BCUT2D eigenvalue weighted by Crippen LogP contribution is 2.20. The first-order valence-electron chi connectivity index (χ1n) is 8.61. The minimum atomic E-state index is -3.57. The molecule has 2 aromatic heterocycles. The summed E-state index contributed by atoms with van der Waals surface area (Å²) in [7, 11) is -3.57. The molecule has 1 saturated heterocycles. The van der Waals surface area contributed by atoms with Crippen molar-refractivity contribution in [1.82, 2.24) is 18.5 Å². The third-order valence-electron chi connectivity index (χ3n) is 4.83. The van der Waals surface area contributed by atoms with Gasteiger partial charge in [-0.2, -0.15) is 4.31 Å². The summed E-state index contributed by atoms with van der Waals surface area (Å²) in [5.74, 6) is 0. The Hall–Kier alpha value is -2.45. The van der Waals surface area contributed by atoms with E-state index in [2.05, 4.69) is 5.10 Å². The molecule has 1 aromatic carbocycles. The molecule has 0 radical (unpaired) electrons. The van der Waals surface area contributed by atoms with Gasteiger partial charge in [-0.25, -0.2) is 22.3 Å². The summed E-state index contributed by atoms with van der Waals surface area (Å²) in [4.78, 5) is 12.8. The van der Waals surface area contributed by atoms with Crippen molar-refractivity contribution >= 4 is 15.7 Å². The number of aromatic nitrogens is 3. The number of nitrogens with zero attached hydrogens (tertiary/aromatic N) is 4. The van der Waals surface area contributed by atoms with Gasteiger partial charge < -0.3 is 0 Å². The van der Waals surface area contributed by atoms with Gasteiger partial charge in [0.15, 0.2) is 5.65 Å². The van der Waals surface area contributed by atoms with E-state index < -0.39 is 10.0 Å². The van der Waals surface area contributed by atoms with Gasteiger partial charge in [-0.15, -0.1) is 5.10 Å². The van der Waals surface area contributed by atoms with Crippen LogP contribution in [0.1, 0.15) is 24.0 Å². The topological polar surface area (TPSA) is 76.7 Å². The van der Waals surface area contributed by atoms with Crippen molar-refractivity contribution in [3.8, 4) is 0 Å². The Morgan fingerprint density at radius 2 is 1.81 bits per heavy atom. The van der Waals surface area contributed by atoms with Gasteiger partial charge in [-0.05, 0) is 43.0 Å². The van der Waals surface area contributed by atoms with E-state index in [4.69, 9.17) is 0 Å². The van der Waals surface area contributed by atoms with Crippen LogP contribution in [-0.2, 0) is 16.6 Å². The summed E-state index contributed by atoms with van der Waals surface area (Å²) in [6, 6.07) is 10.9. The van der Waals surface area contributed by atoms with E-state index in [9.17, 15) is 13.2 Å². The third-order valence-corrected chi connectivity index (χ3v) is 6.72. The van der Waals surface area contributed by atoms with Crippen LogP contribution in [0.5, 0.6) is 0 Å². The Kier molecular flexibility index (Phi) is 4.16. The summed E-state index contributed by atoms with van der Waals surface area (Å²) >= 11 is 0. The van der Waals surface area contributed by atoms with Gasteiger partial charge in [-0.3, -0.25) is 0 Å². The van der Waals surface area contributed by atoms with Gasteiger partial charge in [0, 0.05) is 19.3 Å². The van der Waals surface area contributed by atoms with Gasteiger partial charge in [0.1, 0.15) is 0 Å². The minimum Gasteiger partial charge on any atom is -0.249 e. The zero-order valence-electron chi connectivity index (χ0n) is 14.5. The summed E-state index contributed by atoms with van der Waals surface area (Å²) in [5, 5.41) is 4.33. The smallest absolute Gasteiger partial charge is 0.249 e. The van der Waals surface area contributed by atoms with Crippen molar-refractivity contribution in [2.24, 2.45) is 0 Å². The lowest BCUT2D eigenvalue weighted by atomic mass is 10.1. The number of benzene rings is 1. The molecule has 7 nitrogen and oxygen atoms in total. The second kappa shape index (κ2) is 6.37. The fourth-order valence-electron chi connectivity index (χ4n) is 3.28. The molecule has 8 heteroatoms. The highest BCUT2D eigenvalue weighted by atomic mass is 32.2. The fourth-order valence-corrected chi connectivity index (χ4v) is 4.80. The summed E-state index contributed by atoms with van der Waals surface area (Å²) in [5.41, 5.74) is 2.17. The quantitative estimate of drug-likeness (QED) is 0.698. The number of aryl methyl sites for hydroxylation is 1. The third kappa shape index (κ3) is 2.85. The van der Waals surface area contributed by atoms with Gasteiger partial charge in [-0.1, -0.05) is 24.3 Å². The molecule has 3 heterocycles. The van der Waals surface area contributed by atoms with Crippen molar-refractivity contribution < 1.29 is 8.42 Å². The van der Waals surface area contributed by atoms with Crippen LogP contribution < -0.4 is 5.69 Å². The largest absolute Gasteiger partial charge is 0.350 e. The average molecular weight is 372 g/mol. The second-order valence-corrected chi connectivity index (χ2v) is 8.51. The van der Waals surface area contributed by atoms with Gasteiger partial charge in [0.05, 0.1) is 11.4 Å². The predicted octanol–water partition coefficient (Wildman–Crippen LogP) is 1.64. The Morgan fingerprint density at radius 1 is 1.08 bits per heavy atom. The molecule has 1 fully saturated rings. The molecule has 0 N–H and O–H groups in total. The molecule has 1 aliphatic heterocycles. The molecule has 136 valence electrons. The summed E-state index contributed by atoms with van der Waals surface area (Å²) in [6.45, 7) is 3.39. The van der Waals surface area contributed by atoms with Crippen LogP contribution in [0.4, 0.5) is 0 Å². The lowest BCUT2D eigenvalue weighted by molar-refractivity contribution is 0.477. The Balaban J connectivity index is 1.74. The first-order chi connectivity index (χ1) is 12.5. The number of hydrogen-bond donors (Lipinski definition) is 0. The first-order valence-corrected chi connectivity index (χ1v) is 10.0. The van der Waals surface area contributed by atoms with Crippen molar-refractivity contribution in [3.63, 3.8) is 0 Å². The average Bonchev–Trinajstić information content (AvgIpc) is 3.27. The van der Waals surface area contributed by atoms with Crippen LogP contribution >= 0.6 is 0 Å². The summed E-state index contributed by atoms with van der Waals surface area (Å²) < 4.78 is 29.6. The molecule has 0 saturated carbocycles. The van der Waals surface area contributed by atoms with E-state index >= 15 is 0 Å². The maximum absolute atomic E-state index is 12.7. The molecule has 1 aliphatic rings. The van der Waals surface area contributed by atoms with Gasteiger partial charge in [0.2, 0.25) is 10.0 Å². The van der Waals surface area contributed by atoms with E-state index in [1.54, 1.807) is 6.07 Å². The zero-order chi connectivity index (χ0) is 18.3. The molecule has 0 bridgehead atoms. The first kappa shape index (κ1) is 17.0. The molecule has 0 unspecified atom stereocenters. The van der Waals surface area contributed by atoms with E-state index in [1.165, 1.54) is 25.7 Å². The highest BCUT2D eigenvalue weighted by molar-refractivity contribution is 7.89. The maximum atomic E-state index is 12.7. The monoisotopic (exact) mass is 372 g/mol. The van der Waals surface area contributed by atoms with E-state index in [0.29, 0.717) is 25.3 Å². The van der Waals surface area contributed by atoms with Crippen LogP contribution in [0.2, 0.25) is 0 Å². The molecule has 0 spiro atoms. The fraction of sp³-hybridized carbons (Fsp3) is 0.333. The van der Waals surface area contributed by atoms with Crippen LogP contribution in [0, 0.1) is 6.92 Å². The number of pyridine rings is 1. The number of sulfonamides is 1. The second-order valence-electron chi connectivity index (χ2n) is 6.57. The van der Waals surface area contributed by atoms with E-state index in [0.717, 1.165) is 24.0 Å². The van der Waals surface area contributed by atoms with E-state index in [1.807, 2.05) is 31.2 Å². The Labute approximate surface area is 151 Å². The predicted molar refractivity (Wildman–Crippen MR) is 97.7 cm³/mol. The molecular weight excluding hydrogens is 352 g/mol. The standard InChI is InChI=1S/C18H20N4O3S/c1-14-6-2-3-7-15(14)12-22-18(23)21-13-16(8-9-17(21)19-22)26(24,25)20-10-4-5-11-20/h2-3,6-9,13H,4-5,10-12H2,1H3. The number of rotatable bonds is 4.